The van der Waals surface area contributed by atoms with Crippen LogP contribution >= 0.6 is 0 Å². The Morgan fingerprint density at radius 1 is 1.67 bits per heavy atom. The van der Waals surface area contributed by atoms with E-state index in [0.717, 1.165) is 12.8 Å². The fourth-order valence-electron chi connectivity index (χ4n) is 1.07. The molecule has 4 heteroatoms. The summed E-state index contributed by atoms with van der Waals surface area (Å²) in [6, 6.07) is 3.30. The molecule has 1 N–H and O–H groups in total. The molecule has 0 fully saturated rings. The number of hydrogen-bond donors (Lipinski definition) is 1. The molecule has 82 valence electrons. The molecule has 1 aromatic heterocycles. The van der Waals surface area contributed by atoms with Gasteiger partial charge >= 0.3 is 5.97 Å². The number of pyridine rings is 1. The predicted octanol–water partition coefficient (Wildman–Crippen LogP) is 1.46. The van der Waals surface area contributed by atoms with Crippen LogP contribution < -0.4 is 0 Å². The van der Waals surface area contributed by atoms with Crippen molar-refractivity contribution in [3.05, 3.63) is 30.1 Å². The summed E-state index contributed by atoms with van der Waals surface area (Å²) in [4.78, 5) is 15.1. The Morgan fingerprint density at radius 3 is 3.07 bits per heavy atom. The van der Waals surface area contributed by atoms with Crippen molar-refractivity contribution in [2.24, 2.45) is 0 Å². The molecular formula is C11H15NO3. The summed E-state index contributed by atoms with van der Waals surface area (Å²) in [6.07, 6.45) is 3.57. The van der Waals surface area contributed by atoms with Crippen LogP contribution in [0.4, 0.5) is 0 Å². The van der Waals surface area contributed by atoms with Gasteiger partial charge in [-0.25, -0.2) is 4.79 Å². The van der Waals surface area contributed by atoms with Gasteiger partial charge in [0.25, 0.3) is 0 Å². The molecule has 0 aliphatic carbocycles. The zero-order chi connectivity index (χ0) is 11.1. The summed E-state index contributed by atoms with van der Waals surface area (Å²) in [5.74, 6) is -0.614. The molecule has 1 aromatic rings. The van der Waals surface area contributed by atoms with E-state index >= 15 is 0 Å². The first kappa shape index (κ1) is 11.7. The number of rotatable bonds is 5. The van der Waals surface area contributed by atoms with Crippen LogP contribution in [0.3, 0.4) is 0 Å². The highest BCUT2D eigenvalue weighted by Crippen LogP contribution is 2.12. The van der Waals surface area contributed by atoms with Crippen LogP contribution in [0.1, 0.15) is 31.4 Å². The van der Waals surface area contributed by atoms with Crippen LogP contribution in [0.2, 0.25) is 0 Å². The summed E-state index contributed by atoms with van der Waals surface area (Å²) >= 11 is 0. The number of esters is 1. The molecule has 0 saturated heterocycles. The summed E-state index contributed by atoms with van der Waals surface area (Å²) in [5.41, 5.74) is 0.457. The molecule has 4 nitrogen and oxygen atoms in total. The van der Waals surface area contributed by atoms with Crippen molar-refractivity contribution in [3.8, 4) is 0 Å². The Balaban J connectivity index is 2.46. The normalized spacial score (nSPS) is 12.1. The molecule has 0 radical (unpaired) electrons. The van der Waals surface area contributed by atoms with E-state index in [4.69, 9.17) is 4.74 Å². The van der Waals surface area contributed by atoms with Crippen molar-refractivity contribution in [3.63, 3.8) is 0 Å². The van der Waals surface area contributed by atoms with Crippen LogP contribution in [-0.2, 0) is 9.53 Å². The molecular weight excluding hydrogens is 194 g/mol. The lowest BCUT2D eigenvalue weighted by atomic mass is 10.2. The minimum absolute atomic E-state index is 0.354. The quantitative estimate of drug-likeness (QED) is 0.589. The Labute approximate surface area is 88.9 Å². The second-order valence-corrected chi connectivity index (χ2v) is 3.21. The topological polar surface area (TPSA) is 59.4 Å². The van der Waals surface area contributed by atoms with Gasteiger partial charge in [-0.05, 0) is 12.5 Å². The van der Waals surface area contributed by atoms with Crippen LogP contribution in [-0.4, -0.2) is 22.7 Å². The standard InChI is InChI=1S/C11H15NO3/c1-2-3-7-15-11(14)10(13)9-5-4-6-12-8-9/h4-6,8,10,13H,2-3,7H2,1H3/t10-/m0/s1. The molecule has 0 aliphatic rings. The monoisotopic (exact) mass is 209 g/mol. The highest BCUT2D eigenvalue weighted by atomic mass is 16.5. The first-order valence-electron chi connectivity index (χ1n) is 5.00. The fourth-order valence-corrected chi connectivity index (χ4v) is 1.07. The second kappa shape index (κ2) is 6.14. The zero-order valence-corrected chi connectivity index (χ0v) is 8.72. The van der Waals surface area contributed by atoms with Gasteiger partial charge in [0.2, 0.25) is 0 Å². The van der Waals surface area contributed by atoms with Gasteiger partial charge in [0.05, 0.1) is 6.61 Å². The zero-order valence-electron chi connectivity index (χ0n) is 8.72. The maximum atomic E-state index is 11.3. The Bertz CT molecular complexity index is 300. The van der Waals surface area contributed by atoms with E-state index in [-0.39, 0.29) is 0 Å². The Kier molecular flexibility index (Phi) is 4.77. The Morgan fingerprint density at radius 2 is 2.47 bits per heavy atom. The highest BCUT2D eigenvalue weighted by molar-refractivity contribution is 5.76. The fraction of sp³-hybridized carbons (Fsp3) is 0.455. The van der Waals surface area contributed by atoms with Gasteiger partial charge in [-0.1, -0.05) is 19.4 Å². The number of aliphatic hydroxyl groups excluding tert-OH is 1. The van der Waals surface area contributed by atoms with E-state index in [1.165, 1.54) is 6.20 Å². The molecule has 0 aromatic carbocycles. The largest absolute Gasteiger partial charge is 0.464 e. The third-order valence-corrected chi connectivity index (χ3v) is 1.97. The molecule has 15 heavy (non-hydrogen) atoms. The maximum Gasteiger partial charge on any atom is 0.339 e. The van der Waals surface area contributed by atoms with Crippen molar-refractivity contribution in [2.45, 2.75) is 25.9 Å². The third kappa shape index (κ3) is 3.67. The molecule has 0 unspecified atom stereocenters. The van der Waals surface area contributed by atoms with Crippen LogP contribution in [0, 0.1) is 0 Å². The molecule has 0 spiro atoms. The predicted molar refractivity (Wildman–Crippen MR) is 55.1 cm³/mol. The number of nitrogens with zero attached hydrogens (tertiary/aromatic N) is 1. The van der Waals surface area contributed by atoms with Crippen LogP contribution in [0.5, 0.6) is 0 Å². The van der Waals surface area contributed by atoms with Gasteiger partial charge in [-0.3, -0.25) is 4.98 Å². The summed E-state index contributed by atoms with van der Waals surface area (Å²) in [6.45, 7) is 2.36. The maximum absolute atomic E-state index is 11.3. The smallest absolute Gasteiger partial charge is 0.339 e. The molecule has 1 rings (SSSR count). The van der Waals surface area contributed by atoms with E-state index in [1.807, 2.05) is 6.92 Å². The molecule has 1 heterocycles. The van der Waals surface area contributed by atoms with Gasteiger partial charge in [0.1, 0.15) is 0 Å². The first-order valence-corrected chi connectivity index (χ1v) is 5.00. The number of hydrogen-bond acceptors (Lipinski definition) is 4. The average Bonchev–Trinajstić information content (AvgIpc) is 2.29. The van der Waals surface area contributed by atoms with E-state index in [0.29, 0.717) is 12.2 Å². The van der Waals surface area contributed by atoms with Crippen molar-refractivity contribution in [2.75, 3.05) is 6.61 Å². The first-order chi connectivity index (χ1) is 7.25. The lowest BCUT2D eigenvalue weighted by Crippen LogP contribution is -2.16. The number of carbonyl (C=O) groups is 1. The lowest BCUT2D eigenvalue weighted by molar-refractivity contribution is -0.154. The number of carbonyl (C=O) groups excluding carboxylic acids is 1. The van der Waals surface area contributed by atoms with Gasteiger partial charge in [0.15, 0.2) is 6.10 Å². The van der Waals surface area contributed by atoms with E-state index in [9.17, 15) is 9.90 Å². The van der Waals surface area contributed by atoms with E-state index in [1.54, 1.807) is 18.3 Å². The molecule has 0 bridgehead atoms. The van der Waals surface area contributed by atoms with Gasteiger partial charge < -0.3 is 9.84 Å². The van der Waals surface area contributed by atoms with Gasteiger partial charge in [-0.15, -0.1) is 0 Å². The lowest BCUT2D eigenvalue weighted by Gasteiger charge is -2.09. The van der Waals surface area contributed by atoms with Crippen LogP contribution in [0.15, 0.2) is 24.5 Å². The van der Waals surface area contributed by atoms with Crippen LogP contribution in [0.25, 0.3) is 0 Å². The van der Waals surface area contributed by atoms with Gasteiger partial charge in [0, 0.05) is 18.0 Å². The summed E-state index contributed by atoms with van der Waals surface area (Å²) < 4.78 is 4.88. The van der Waals surface area contributed by atoms with Crippen molar-refractivity contribution in [1.82, 2.24) is 4.98 Å². The molecule has 0 saturated carbocycles. The van der Waals surface area contributed by atoms with Gasteiger partial charge in [-0.2, -0.15) is 0 Å². The number of aromatic nitrogens is 1. The summed E-state index contributed by atoms with van der Waals surface area (Å²) in [7, 11) is 0. The highest BCUT2D eigenvalue weighted by Gasteiger charge is 2.18. The number of aliphatic hydroxyl groups is 1. The Hall–Kier alpha value is -1.42. The van der Waals surface area contributed by atoms with Crippen molar-refractivity contribution < 1.29 is 14.6 Å². The number of unbranched alkanes of at least 4 members (excludes halogenated alkanes) is 1. The van der Waals surface area contributed by atoms with Crippen molar-refractivity contribution in [1.29, 1.82) is 0 Å². The summed E-state index contributed by atoms with van der Waals surface area (Å²) in [5, 5.41) is 9.57. The van der Waals surface area contributed by atoms with Crippen molar-refractivity contribution >= 4 is 5.97 Å². The third-order valence-electron chi connectivity index (χ3n) is 1.97. The van der Waals surface area contributed by atoms with E-state index in [2.05, 4.69) is 4.98 Å². The molecule has 0 aliphatic heterocycles. The minimum atomic E-state index is -1.23. The molecule has 1 atom stereocenters. The molecule has 0 amide bonds. The minimum Gasteiger partial charge on any atom is -0.464 e. The average molecular weight is 209 g/mol. The van der Waals surface area contributed by atoms with E-state index < -0.39 is 12.1 Å². The SMILES string of the molecule is CCCCOC(=O)[C@@H](O)c1cccnc1. The second-order valence-electron chi connectivity index (χ2n) is 3.21. The number of ether oxygens (including phenoxy) is 1.